The van der Waals surface area contributed by atoms with Gasteiger partial charge in [-0.15, -0.1) is 0 Å². The molecule has 0 amide bonds. The molecule has 206 valence electrons. The second-order valence-corrected chi connectivity index (χ2v) is 19.4. The number of hydrogen-bond donors (Lipinski definition) is 1. The van der Waals surface area contributed by atoms with Crippen LogP contribution in [-0.2, 0) is 14.0 Å². The lowest BCUT2D eigenvalue weighted by molar-refractivity contribution is -0.204. The first kappa shape index (κ1) is 27.3. The van der Waals surface area contributed by atoms with Gasteiger partial charge in [0.15, 0.2) is 14.1 Å². The van der Waals surface area contributed by atoms with Gasteiger partial charge in [-0.3, -0.25) is 4.79 Å². The average Bonchev–Trinajstić information content (AvgIpc) is 3.46. The van der Waals surface area contributed by atoms with Crippen LogP contribution >= 0.6 is 0 Å². The van der Waals surface area contributed by atoms with Gasteiger partial charge in [0, 0.05) is 30.3 Å². The van der Waals surface area contributed by atoms with E-state index in [1.165, 1.54) is 19.3 Å². The Kier molecular flexibility index (Phi) is 6.37. The third-order valence-electron chi connectivity index (χ3n) is 14.0. The molecular weight excluding hydrogens is 464 g/mol. The van der Waals surface area contributed by atoms with E-state index < -0.39 is 24.9 Å². The van der Waals surface area contributed by atoms with Gasteiger partial charge in [0.2, 0.25) is 0 Å². The molecule has 1 N–H and O–H groups in total. The van der Waals surface area contributed by atoms with Crippen molar-refractivity contribution in [1.82, 2.24) is 0 Å². The van der Waals surface area contributed by atoms with Gasteiger partial charge in [-0.1, -0.05) is 41.5 Å². The lowest BCUT2D eigenvalue weighted by Gasteiger charge is -2.62. The van der Waals surface area contributed by atoms with E-state index in [2.05, 4.69) is 55.4 Å². The summed E-state index contributed by atoms with van der Waals surface area (Å²) in [5.74, 6) is 2.04. The smallest absolute Gasteiger partial charge is 0.192 e. The van der Waals surface area contributed by atoms with Crippen LogP contribution in [0, 0.1) is 45.8 Å². The van der Waals surface area contributed by atoms with Gasteiger partial charge in [0.05, 0.1) is 11.7 Å². The summed E-state index contributed by atoms with van der Waals surface area (Å²) in [6, 6.07) is 3.23. The summed E-state index contributed by atoms with van der Waals surface area (Å²) in [5, 5.41) is 12.6. The van der Waals surface area contributed by atoms with E-state index in [1.807, 2.05) is 7.11 Å². The zero-order valence-corrected chi connectivity index (χ0v) is 25.7. The number of carbonyl (C=O) groups is 1. The van der Waals surface area contributed by atoms with Gasteiger partial charge in [0.25, 0.3) is 0 Å². The molecular formula is C31H54O4Si. The molecule has 1 spiro atoms. The summed E-state index contributed by atoms with van der Waals surface area (Å²) in [6.07, 6.45) is 8.01. The first-order valence-electron chi connectivity index (χ1n) is 15.3. The van der Waals surface area contributed by atoms with Crippen LogP contribution in [0.5, 0.6) is 0 Å². The molecule has 0 bridgehead atoms. The van der Waals surface area contributed by atoms with Gasteiger partial charge < -0.3 is 14.3 Å². The Balaban J connectivity index is 1.48. The fraction of sp³-hybridized carbons (Fsp3) is 0.968. The molecule has 0 radical (unpaired) electrons. The van der Waals surface area contributed by atoms with E-state index >= 15 is 0 Å². The number of fused-ring (bicyclic) bond motifs is 4. The number of carbonyl (C=O) groups excluding carboxylic acids is 1. The van der Waals surface area contributed by atoms with Crippen molar-refractivity contribution >= 4 is 14.1 Å². The molecule has 10 atom stereocenters. The first-order chi connectivity index (χ1) is 16.8. The minimum absolute atomic E-state index is 0.0757. The molecule has 0 heterocycles. The average molecular weight is 519 g/mol. The van der Waals surface area contributed by atoms with Crippen LogP contribution in [0.4, 0.5) is 0 Å². The van der Waals surface area contributed by atoms with Crippen molar-refractivity contribution in [1.29, 1.82) is 0 Å². The Morgan fingerprint density at radius 1 is 1.06 bits per heavy atom. The molecule has 0 saturated heterocycles. The van der Waals surface area contributed by atoms with Crippen molar-refractivity contribution in [2.24, 2.45) is 45.8 Å². The van der Waals surface area contributed by atoms with E-state index in [1.54, 1.807) is 0 Å². The number of ketones is 1. The molecule has 0 aliphatic heterocycles. The van der Waals surface area contributed by atoms with Crippen molar-refractivity contribution in [3.8, 4) is 0 Å². The fourth-order valence-electron chi connectivity index (χ4n) is 11.3. The minimum atomic E-state index is -1.90. The van der Waals surface area contributed by atoms with Crippen LogP contribution in [0.2, 0.25) is 18.1 Å². The summed E-state index contributed by atoms with van der Waals surface area (Å²) in [7, 11) is 0.0170. The highest BCUT2D eigenvalue weighted by Gasteiger charge is 2.79. The highest BCUT2D eigenvalue weighted by Crippen LogP contribution is 2.82. The molecule has 0 aromatic rings. The highest BCUT2D eigenvalue weighted by atomic mass is 28.4. The summed E-state index contributed by atoms with van der Waals surface area (Å²) in [5.41, 5.74) is -1.57. The van der Waals surface area contributed by atoms with Crippen LogP contribution in [-0.4, -0.2) is 43.6 Å². The normalized spacial score (nSPS) is 48.7. The number of hydrogen-bond acceptors (Lipinski definition) is 4. The lowest BCUT2D eigenvalue weighted by atomic mass is 9.44. The Labute approximate surface area is 221 Å². The Bertz CT molecular complexity index is 891. The first-order valence-corrected chi connectivity index (χ1v) is 17.8. The maximum Gasteiger partial charge on any atom is 0.192 e. The zero-order valence-electron chi connectivity index (χ0n) is 24.7. The number of ether oxygens (including phenoxy) is 1. The number of rotatable bonds is 8. The maximum absolute atomic E-state index is 14.0. The maximum atomic E-state index is 14.0. The number of methoxy groups -OCH3 is 1. The number of Topliss-reactive ketones (excluding diaryl/α,β-unsaturated/α-hetero) is 1. The SMILES string of the molecule is CC[Si](CC)(CC)OC(C)(C)[C@@H](C)[C@@]1(O)C(=O)C[C@H]2[C@@H]3C[C@@H](OC)[C@]45C[C@H]4CC[C@]5(C)[C@H]3CC[C@@]21C. The molecule has 5 rings (SSSR count). The largest absolute Gasteiger partial charge is 0.412 e. The summed E-state index contributed by atoms with van der Waals surface area (Å²) in [6.45, 7) is 18.0. The van der Waals surface area contributed by atoms with E-state index in [4.69, 9.17) is 9.16 Å². The molecule has 0 aromatic carbocycles. The molecule has 4 nitrogen and oxygen atoms in total. The summed E-state index contributed by atoms with van der Waals surface area (Å²) < 4.78 is 13.3. The van der Waals surface area contributed by atoms with E-state index in [9.17, 15) is 9.90 Å². The second kappa shape index (κ2) is 8.38. The lowest BCUT2D eigenvalue weighted by Crippen LogP contribution is -2.64. The van der Waals surface area contributed by atoms with Crippen LogP contribution in [0.3, 0.4) is 0 Å². The molecule has 36 heavy (non-hydrogen) atoms. The van der Waals surface area contributed by atoms with Gasteiger partial charge >= 0.3 is 0 Å². The third-order valence-corrected chi connectivity index (χ3v) is 18.8. The van der Waals surface area contributed by atoms with Crippen LogP contribution < -0.4 is 0 Å². The molecule has 5 heteroatoms. The van der Waals surface area contributed by atoms with Crippen LogP contribution in [0.25, 0.3) is 0 Å². The van der Waals surface area contributed by atoms with Gasteiger partial charge in [-0.2, -0.15) is 0 Å². The van der Waals surface area contributed by atoms with Crippen molar-refractivity contribution in [3.63, 3.8) is 0 Å². The van der Waals surface area contributed by atoms with Gasteiger partial charge in [-0.05, 0) is 99.6 Å². The fourth-order valence-corrected chi connectivity index (χ4v) is 14.5. The third kappa shape index (κ3) is 3.12. The van der Waals surface area contributed by atoms with Gasteiger partial charge in [0.1, 0.15) is 5.60 Å². The molecule has 5 aliphatic rings. The molecule has 0 unspecified atom stereocenters. The zero-order chi connectivity index (χ0) is 26.5. The highest BCUT2D eigenvalue weighted by molar-refractivity contribution is 6.73. The van der Waals surface area contributed by atoms with Crippen molar-refractivity contribution in [2.45, 2.75) is 136 Å². The van der Waals surface area contributed by atoms with Crippen molar-refractivity contribution < 1.29 is 19.1 Å². The monoisotopic (exact) mass is 518 g/mol. The van der Waals surface area contributed by atoms with E-state index in [-0.39, 0.29) is 17.6 Å². The predicted octanol–water partition coefficient (Wildman–Crippen LogP) is 7.00. The van der Waals surface area contributed by atoms with E-state index in [0.717, 1.165) is 43.3 Å². The summed E-state index contributed by atoms with van der Waals surface area (Å²) >= 11 is 0. The second-order valence-electron chi connectivity index (χ2n) is 14.8. The minimum Gasteiger partial charge on any atom is -0.412 e. The predicted molar refractivity (Wildman–Crippen MR) is 147 cm³/mol. The standard InChI is InChI=1S/C31H54O4Si/c1-10-36(11-2,12-3)35-27(5,6)20(4)31(33)25(32)18-24-22-17-26(34-9)30-19-21(30)13-15-28(30,7)23(22)14-16-29(24,31)8/h20-24,26,33H,10-19H2,1-9H3/t20-,21-,22-,23+,24+,26-,28-,29+,30+,31-/m1/s1. The molecule has 5 saturated carbocycles. The summed E-state index contributed by atoms with van der Waals surface area (Å²) in [4.78, 5) is 14.0. The Morgan fingerprint density at radius 2 is 1.67 bits per heavy atom. The molecule has 0 aromatic heterocycles. The van der Waals surface area contributed by atoms with E-state index in [0.29, 0.717) is 35.2 Å². The Hall–Kier alpha value is -0.233. The van der Waals surface area contributed by atoms with Gasteiger partial charge in [-0.25, -0.2) is 0 Å². The number of aliphatic hydroxyl groups is 1. The molecule has 5 fully saturated rings. The van der Waals surface area contributed by atoms with Crippen LogP contribution in [0.15, 0.2) is 0 Å². The molecule has 5 aliphatic carbocycles. The van der Waals surface area contributed by atoms with Crippen molar-refractivity contribution in [2.75, 3.05) is 7.11 Å². The van der Waals surface area contributed by atoms with Crippen LogP contribution in [0.1, 0.15) is 100 Å². The van der Waals surface area contributed by atoms with Crippen molar-refractivity contribution in [3.05, 3.63) is 0 Å². The topological polar surface area (TPSA) is 55.8 Å². The quantitative estimate of drug-likeness (QED) is 0.351. The Morgan fingerprint density at radius 3 is 2.22 bits per heavy atom.